The largest absolute Gasteiger partial charge is 0.444 e. The molecular formula is C16H22N2O3. The zero-order chi connectivity index (χ0) is 15.6. The van der Waals surface area contributed by atoms with Gasteiger partial charge >= 0.3 is 6.09 Å². The summed E-state index contributed by atoms with van der Waals surface area (Å²) in [7, 11) is 0. The zero-order valence-electron chi connectivity index (χ0n) is 12.8. The predicted octanol–water partition coefficient (Wildman–Crippen LogP) is 2.25. The lowest BCUT2D eigenvalue weighted by atomic mass is 9.91. The van der Waals surface area contributed by atoms with Crippen molar-refractivity contribution in [2.24, 2.45) is 5.92 Å². The van der Waals surface area contributed by atoms with Gasteiger partial charge in [0.25, 0.3) is 0 Å². The quantitative estimate of drug-likeness (QED) is 0.867. The summed E-state index contributed by atoms with van der Waals surface area (Å²) in [6.07, 6.45) is 0.00761. The molecule has 1 heterocycles. The fourth-order valence-corrected chi connectivity index (χ4v) is 2.21. The molecule has 1 aliphatic rings. The van der Waals surface area contributed by atoms with Crippen molar-refractivity contribution >= 4 is 17.6 Å². The first-order chi connectivity index (χ1) is 9.74. The van der Waals surface area contributed by atoms with Gasteiger partial charge in [0.2, 0.25) is 0 Å². The number of carbonyl (C=O) groups excluding carboxylic acids is 2. The molecule has 114 valence electrons. The van der Waals surface area contributed by atoms with E-state index < -0.39 is 5.60 Å². The average molecular weight is 290 g/mol. The molecule has 21 heavy (non-hydrogen) atoms. The lowest BCUT2D eigenvalue weighted by molar-refractivity contribution is -0.126. The molecule has 0 aliphatic carbocycles. The number of anilines is 1. The van der Waals surface area contributed by atoms with Crippen LogP contribution in [0.5, 0.6) is 0 Å². The molecule has 1 amide bonds. The molecule has 1 aromatic rings. The Hall–Kier alpha value is -2.04. The standard InChI is InChI=1S/C16H22N2O3/c1-16(2,3)21-15(20)18-9-12(10-18)14(19)8-11-5-4-6-13(17)7-11/h4-7,12H,8-10,17H2,1-3H3. The van der Waals surface area contributed by atoms with Crippen molar-refractivity contribution in [1.29, 1.82) is 0 Å². The number of benzene rings is 1. The third-order valence-corrected chi connectivity index (χ3v) is 3.32. The molecule has 0 atom stereocenters. The van der Waals surface area contributed by atoms with Crippen molar-refractivity contribution in [1.82, 2.24) is 4.90 Å². The van der Waals surface area contributed by atoms with Crippen molar-refractivity contribution in [2.45, 2.75) is 32.8 Å². The maximum Gasteiger partial charge on any atom is 0.410 e. The highest BCUT2D eigenvalue weighted by molar-refractivity contribution is 5.86. The molecule has 0 spiro atoms. The molecule has 5 heteroatoms. The molecule has 0 aromatic heterocycles. The highest BCUT2D eigenvalue weighted by atomic mass is 16.6. The SMILES string of the molecule is CC(C)(C)OC(=O)N1CC(C(=O)Cc2cccc(N)c2)C1. The van der Waals surface area contributed by atoms with Gasteiger partial charge in [0, 0.05) is 25.2 Å². The number of ketones is 1. The van der Waals surface area contributed by atoms with Crippen LogP contribution in [0.4, 0.5) is 10.5 Å². The van der Waals surface area contributed by atoms with E-state index in [0.717, 1.165) is 5.56 Å². The Labute approximate surface area is 125 Å². The Morgan fingerprint density at radius 2 is 2.00 bits per heavy atom. The van der Waals surface area contributed by atoms with Crippen LogP contribution in [-0.2, 0) is 16.0 Å². The average Bonchev–Trinajstić information content (AvgIpc) is 2.23. The lowest BCUT2D eigenvalue weighted by Crippen LogP contribution is -2.54. The number of nitrogens with two attached hydrogens (primary N) is 1. The number of carbonyl (C=O) groups is 2. The van der Waals surface area contributed by atoms with Crippen LogP contribution >= 0.6 is 0 Å². The lowest BCUT2D eigenvalue weighted by Gasteiger charge is -2.38. The van der Waals surface area contributed by atoms with E-state index in [4.69, 9.17) is 10.5 Å². The monoisotopic (exact) mass is 290 g/mol. The van der Waals surface area contributed by atoms with E-state index in [-0.39, 0.29) is 17.8 Å². The molecule has 0 unspecified atom stereocenters. The predicted molar refractivity (Wildman–Crippen MR) is 80.9 cm³/mol. The van der Waals surface area contributed by atoms with Gasteiger partial charge in [-0.3, -0.25) is 4.79 Å². The number of likely N-dealkylation sites (tertiary alicyclic amines) is 1. The van der Waals surface area contributed by atoms with Gasteiger partial charge in [-0.15, -0.1) is 0 Å². The van der Waals surface area contributed by atoms with E-state index in [1.165, 1.54) is 0 Å². The van der Waals surface area contributed by atoms with E-state index >= 15 is 0 Å². The van der Waals surface area contributed by atoms with Gasteiger partial charge < -0.3 is 15.4 Å². The third-order valence-electron chi connectivity index (χ3n) is 3.32. The topological polar surface area (TPSA) is 72.6 Å². The van der Waals surface area contributed by atoms with Crippen molar-refractivity contribution in [2.75, 3.05) is 18.8 Å². The number of ether oxygens (including phenoxy) is 1. The van der Waals surface area contributed by atoms with Crippen LogP contribution < -0.4 is 5.73 Å². The summed E-state index contributed by atoms with van der Waals surface area (Å²) in [5, 5.41) is 0. The van der Waals surface area contributed by atoms with E-state index in [9.17, 15) is 9.59 Å². The van der Waals surface area contributed by atoms with E-state index in [1.807, 2.05) is 39.0 Å². The van der Waals surface area contributed by atoms with Crippen molar-refractivity contribution in [3.63, 3.8) is 0 Å². The normalized spacial score (nSPS) is 15.5. The smallest absolute Gasteiger partial charge is 0.410 e. The number of nitrogen functional groups attached to an aromatic ring is 1. The minimum Gasteiger partial charge on any atom is -0.444 e. The first kappa shape index (κ1) is 15.4. The summed E-state index contributed by atoms with van der Waals surface area (Å²) in [4.78, 5) is 25.5. The Kier molecular flexibility index (Phi) is 4.21. The number of Topliss-reactive ketones (excluding diaryl/α,β-unsaturated/α-hetero) is 1. The second kappa shape index (κ2) is 5.76. The second-order valence-corrected chi connectivity index (χ2v) is 6.47. The van der Waals surface area contributed by atoms with E-state index in [1.54, 1.807) is 11.0 Å². The molecule has 0 saturated carbocycles. The van der Waals surface area contributed by atoms with Crippen LogP contribution in [0.1, 0.15) is 26.3 Å². The van der Waals surface area contributed by atoms with E-state index in [2.05, 4.69) is 0 Å². The number of hydrogen-bond acceptors (Lipinski definition) is 4. The summed E-state index contributed by atoms with van der Waals surface area (Å²) in [6, 6.07) is 7.33. The molecule has 1 saturated heterocycles. The van der Waals surface area contributed by atoms with Crippen LogP contribution in [0.25, 0.3) is 0 Å². The first-order valence-corrected chi connectivity index (χ1v) is 7.09. The molecular weight excluding hydrogens is 268 g/mol. The van der Waals surface area contributed by atoms with Gasteiger partial charge in [-0.05, 0) is 38.5 Å². The Balaban J connectivity index is 1.81. The van der Waals surface area contributed by atoms with Crippen LogP contribution in [0, 0.1) is 5.92 Å². The highest BCUT2D eigenvalue weighted by Crippen LogP contribution is 2.22. The summed E-state index contributed by atoms with van der Waals surface area (Å²) in [5.41, 5.74) is 6.76. The van der Waals surface area contributed by atoms with Crippen LogP contribution in [-0.4, -0.2) is 35.5 Å². The molecule has 0 radical (unpaired) electrons. The van der Waals surface area contributed by atoms with Crippen LogP contribution in [0.3, 0.4) is 0 Å². The minimum atomic E-state index is -0.506. The molecule has 1 aliphatic heterocycles. The molecule has 1 aromatic carbocycles. The van der Waals surface area contributed by atoms with Gasteiger partial charge in [-0.2, -0.15) is 0 Å². The van der Waals surface area contributed by atoms with Gasteiger partial charge in [-0.25, -0.2) is 4.79 Å². The van der Waals surface area contributed by atoms with E-state index in [0.29, 0.717) is 25.2 Å². The maximum atomic E-state index is 12.1. The third kappa shape index (κ3) is 4.21. The first-order valence-electron chi connectivity index (χ1n) is 7.09. The molecule has 2 rings (SSSR count). The Morgan fingerprint density at radius 3 is 2.57 bits per heavy atom. The molecule has 1 fully saturated rings. The van der Waals surface area contributed by atoms with Crippen LogP contribution in [0.2, 0.25) is 0 Å². The minimum absolute atomic E-state index is 0.0982. The Morgan fingerprint density at radius 1 is 1.33 bits per heavy atom. The van der Waals surface area contributed by atoms with Crippen LogP contribution in [0.15, 0.2) is 24.3 Å². The molecule has 0 bridgehead atoms. The summed E-state index contributed by atoms with van der Waals surface area (Å²) in [6.45, 7) is 6.36. The number of nitrogens with zero attached hydrogens (tertiary/aromatic N) is 1. The van der Waals surface area contributed by atoms with Crippen molar-refractivity contribution in [3.8, 4) is 0 Å². The van der Waals surface area contributed by atoms with Gasteiger partial charge in [-0.1, -0.05) is 12.1 Å². The number of amides is 1. The summed E-state index contributed by atoms with van der Waals surface area (Å²) >= 11 is 0. The zero-order valence-corrected chi connectivity index (χ0v) is 12.8. The van der Waals surface area contributed by atoms with Crippen molar-refractivity contribution < 1.29 is 14.3 Å². The fourth-order valence-electron chi connectivity index (χ4n) is 2.21. The maximum absolute atomic E-state index is 12.1. The second-order valence-electron chi connectivity index (χ2n) is 6.47. The molecule has 5 nitrogen and oxygen atoms in total. The fraction of sp³-hybridized carbons (Fsp3) is 0.500. The van der Waals surface area contributed by atoms with Gasteiger partial charge in [0.1, 0.15) is 11.4 Å². The van der Waals surface area contributed by atoms with Gasteiger partial charge in [0.05, 0.1) is 5.92 Å². The summed E-state index contributed by atoms with van der Waals surface area (Å²) in [5.74, 6) is 0.0411. The molecule has 2 N–H and O–H groups in total. The number of rotatable bonds is 3. The Bertz CT molecular complexity index is 543. The van der Waals surface area contributed by atoms with Gasteiger partial charge in [0.15, 0.2) is 0 Å². The highest BCUT2D eigenvalue weighted by Gasteiger charge is 2.37. The van der Waals surface area contributed by atoms with Crippen molar-refractivity contribution in [3.05, 3.63) is 29.8 Å². The number of hydrogen-bond donors (Lipinski definition) is 1. The summed E-state index contributed by atoms with van der Waals surface area (Å²) < 4.78 is 5.26.